The van der Waals surface area contributed by atoms with Gasteiger partial charge in [-0.1, -0.05) is 6.92 Å². The average molecular weight is 425 g/mol. The van der Waals surface area contributed by atoms with E-state index in [2.05, 4.69) is 50.8 Å². The van der Waals surface area contributed by atoms with Crippen LogP contribution in [0.2, 0.25) is 0 Å². The van der Waals surface area contributed by atoms with Crippen molar-refractivity contribution < 1.29 is 4.74 Å². The minimum atomic E-state index is 0.397. The molecule has 2 aliphatic carbocycles. The molecule has 0 amide bonds. The molecule has 7 nitrogen and oxygen atoms in total. The lowest BCUT2D eigenvalue weighted by molar-refractivity contribution is 0.161. The van der Waals surface area contributed by atoms with Crippen LogP contribution in [0.15, 0.2) is 30.7 Å². The molecule has 0 aromatic carbocycles. The van der Waals surface area contributed by atoms with Crippen LogP contribution in [0.5, 0.6) is 0 Å². The highest BCUT2D eigenvalue weighted by molar-refractivity contribution is 5.63. The van der Waals surface area contributed by atoms with Crippen molar-refractivity contribution in [3.63, 3.8) is 0 Å². The Hall–Kier alpha value is -2.25. The van der Waals surface area contributed by atoms with Crippen LogP contribution < -0.4 is 16.0 Å². The second-order valence-corrected chi connectivity index (χ2v) is 9.60. The summed E-state index contributed by atoms with van der Waals surface area (Å²) >= 11 is 0. The van der Waals surface area contributed by atoms with E-state index < -0.39 is 0 Å². The number of pyridine rings is 1. The lowest BCUT2D eigenvalue weighted by atomic mass is 9.90. The summed E-state index contributed by atoms with van der Waals surface area (Å²) in [5.41, 5.74) is 3.28. The second-order valence-electron chi connectivity index (χ2n) is 9.60. The van der Waals surface area contributed by atoms with Gasteiger partial charge in [0.05, 0.1) is 18.0 Å². The number of nitrogens with one attached hydrogen (secondary N) is 3. The predicted molar refractivity (Wildman–Crippen MR) is 125 cm³/mol. The maximum atomic E-state index is 5.23. The van der Waals surface area contributed by atoms with Gasteiger partial charge in [0.1, 0.15) is 12.1 Å². The van der Waals surface area contributed by atoms with Crippen LogP contribution in [-0.2, 0) is 4.74 Å². The van der Waals surface area contributed by atoms with E-state index in [4.69, 9.17) is 4.74 Å². The zero-order chi connectivity index (χ0) is 21.7. The number of aromatic nitrogens is 3. The van der Waals surface area contributed by atoms with E-state index in [-0.39, 0.29) is 0 Å². The summed E-state index contributed by atoms with van der Waals surface area (Å²) in [6.45, 7) is 6.27. The van der Waals surface area contributed by atoms with Crippen molar-refractivity contribution in [2.45, 2.75) is 70.5 Å². The molecule has 0 radical (unpaired) electrons. The van der Waals surface area contributed by atoms with E-state index in [0.29, 0.717) is 23.5 Å². The number of methoxy groups -OCH3 is 1. The number of ether oxygens (including phenoxy) is 1. The average Bonchev–Trinajstić information content (AvgIpc) is 3.52. The summed E-state index contributed by atoms with van der Waals surface area (Å²) < 4.78 is 5.23. The third-order valence-corrected chi connectivity index (χ3v) is 6.53. The van der Waals surface area contributed by atoms with Gasteiger partial charge in [-0.25, -0.2) is 9.97 Å². The fraction of sp³-hybridized carbons (Fsp3) is 0.625. The van der Waals surface area contributed by atoms with Gasteiger partial charge in [-0.15, -0.1) is 0 Å². The highest BCUT2D eigenvalue weighted by Gasteiger charge is 2.36. The molecule has 31 heavy (non-hydrogen) atoms. The van der Waals surface area contributed by atoms with E-state index in [1.807, 2.05) is 18.3 Å². The molecule has 7 heteroatoms. The summed E-state index contributed by atoms with van der Waals surface area (Å²) in [5.74, 6) is 0.875. The molecule has 2 aliphatic rings. The molecule has 3 N–H and O–H groups in total. The molecular weight excluding hydrogens is 388 g/mol. The quantitative estimate of drug-likeness (QED) is 0.529. The van der Waals surface area contributed by atoms with E-state index in [9.17, 15) is 0 Å². The van der Waals surface area contributed by atoms with Crippen molar-refractivity contribution >= 4 is 11.5 Å². The smallest absolute Gasteiger partial charge is 0.130 e. The Morgan fingerprint density at radius 1 is 1.06 bits per heavy atom. The van der Waals surface area contributed by atoms with E-state index in [1.165, 1.54) is 12.8 Å². The molecule has 2 aromatic heterocycles. The molecule has 4 rings (SSSR count). The summed E-state index contributed by atoms with van der Waals surface area (Å²) in [4.78, 5) is 13.4. The Kier molecular flexibility index (Phi) is 7.02. The first-order valence-electron chi connectivity index (χ1n) is 11.6. The van der Waals surface area contributed by atoms with Gasteiger partial charge in [0.2, 0.25) is 0 Å². The topological polar surface area (TPSA) is 84.0 Å². The molecule has 2 aromatic rings. The summed E-state index contributed by atoms with van der Waals surface area (Å²) in [6, 6.07) is 7.53. The second kappa shape index (κ2) is 9.92. The molecule has 1 unspecified atom stereocenters. The monoisotopic (exact) mass is 424 g/mol. The van der Waals surface area contributed by atoms with Gasteiger partial charge in [-0.05, 0) is 63.0 Å². The predicted octanol–water partition coefficient (Wildman–Crippen LogP) is 4.10. The van der Waals surface area contributed by atoms with E-state index in [0.717, 1.165) is 61.7 Å². The van der Waals surface area contributed by atoms with Gasteiger partial charge in [-0.3, -0.25) is 4.98 Å². The zero-order valence-corrected chi connectivity index (χ0v) is 19.0. The zero-order valence-electron chi connectivity index (χ0n) is 19.0. The first-order valence-corrected chi connectivity index (χ1v) is 11.6. The van der Waals surface area contributed by atoms with Crippen LogP contribution in [-0.4, -0.2) is 53.3 Å². The molecule has 2 saturated carbocycles. The van der Waals surface area contributed by atoms with Crippen LogP contribution in [0.1, 0.15) is 52.4 Å². The normalized spacial score (nSPS) is 23.2. The highest BCUT2D eigenvalue weighted by atomic mass is 16.5. The van der Waals surface area contributed by atoms with Crippen molar-refractivity contribution in [1.29, 1.82) is 0 Å². The fourth-order valence-electron chi connectivity index (χ4n) is 4.28. The number of hydrogen-bond acceptors (Lipinski definition) is 7. The molecule has 0 bridgehead atoms. The molecule has 0 saturated heterocycles. The molecule has 168 valence electrons. The van der Waals surface area contributed by atoms with Crippen molar-refractivity contribution in [3.05, 3.63) is 30.7 Å². The van der Waals surface area contributed by atoms with Crippen LogP contribution in [0.3, 0.4) is 0 Å². The van der Waals surface area contributed by atoms with Gasteiger partial charge in [0.25, 0.3) is 0 Å². The maximum Gasteiger partial charge on any atom is 0.130 e. The third kappa shape index (κ3) is 6.37. The number of rotatable bonds is 10. The third-order valence-electron chi connectivity index (χ3n) is 6.53. The number of anilines is 2. The van der Waals surface area contributed by atoms with Gasteiger partial charge in [0.15, 0.2) is 0 Å². The molecule has 1 atom stereocenters. The lowest BCUT2D eigenvalue weighted by Gasteiger charge is -2.31. The Labute approximate surface area is 185 Å². The summed E-state index contributed by atoms with van der Waals surface area (Å²) in [7, 11) is 1.76. The largest absolute Gasteiger partial charge is 0.384 e. The minimum Gasteiger partial charge on any atom is -0.384 e. The lowest BCUT2D eigenvalue weighted by Crippen LogP contribution is -2.42. The molecule has 0 spiro atoms. The van der Waals surface area contributed by atoms with Gasteiger partial charge in [0, 0.05) is 49.7 Å². The standard InChI is InChI=1S/C24H36N6O/c1-17(14-31-3)29-18-4-6-19(7-5-18)30-23-13-22(27-16-28-23)21-12-20(8-11-25-21)26-15-24(2)9-10-24/h8,11-13,16-19,29H,4-7,9-10,14-15H2,1-3H3,(H,25,26)(H,27,28,30). The van der Waals surface area contributed by atoms with Crippen molar-refractivity contribution in [2.24, 2.45) is 5.41 Å². The number of nitrogens with zero attached hydrogens (tertiary/aromatic N) is 3. The van der Waals surface area contributed by atoms with Gasteiger partial charge < -0.3 is 20.7 Å². The first kappa shape index (κ1) is 22.0. The number of hydrogen-bond donors (Lipinski definition) is 3. The van der Waals surface area contributed by atoms with Crippen LogP contribution in [0.4, 0.5) is 11.5 Å². The van der Waals surface area contributed by atoms with Gasteiger partial charge in [-0.2, -0.15) is 0 Å². The summed E-state index contributed by atoms with van der Waals surface area (Å²) in [6.07, 6.45) is 10.7. The van der Waals surface area contributed by atoms with Crippen LogP contribution in [0.25, 0.3) is 11.4 Å². The Bertz CT molecular complexity index is 847. The Morgan fingerprint density at radius 3 is 2.55 bits per heavy atom. The van der Waals surface area contributed by atoms with E-state index >= 15 is 0 Å². The highest BCUT2D eigenvalue weighted by Crippen LogP contribution is 2.44. The maximum absolute atomic E-state index is 5.23. The Morgan fingerprint density at radius 2 is 1.81 bits per heavy atom. The van der Waals surface area contributed by atoms with Crippen molar-refractivity contribution in [1.82, 2.24) is 20.3 Å². The van der Waals surface area contributed by atoms with E-state index in [1.54, 1.807) is 13.4 Å². The SMILES string of the molecule is COCC(C)NC1CCC(Nc2cc(-c3cc(NCC4(C)CC4)ccn3)ncn2)CC1. The van der Waals surface area contributed by atoms with Crippen molar-refractivity contribution in [2.75, 3.05) is 30.9 Å². The molecule has 2 fully saturated rings. The van der Waals surface area contributed by atoms with Gasteiger partial charge >= 0.3 is 0 Å². The fourth-order valence-corrected chi connectivity index (χ4v) is 4.28. The van der Waals surface area contributed by atoms with Crippen LogP contribution >= 0.6 is 0 Å². The molecule has 0 aliphatic heterocycles. The van der Waals surface area contributed by atoms with Crippen LogP contribution in [0, 0.1) is 5.41 Å². The Balaban J connectivity index is 1.32. The first-order chi connectivity index (χ1) is 15.0. The molecular formula is C24H36N6O. The summed E-state index contributed by atoms with van der Waals surface area (Å²) in [5, 5.41) is 10.8. The minimum absolute atomic E-state index is 0.397. The van der Waals surface area contributed by atoms with Crippen molar-refractivity contribution in [3.8, 4) is 11.4 Å². The molecule has 2 heterocycles.